The van der Waals surface area contributed by atoms with Gasteiger partial charge in [-0.3, -0.25) is 4.98 Å². The molecule has 6 nitrogen and oxygen atoms in total. The van der Waals surface area contributed by atoms with E-state index >= 15 is 0 Å². The molecule has 0 bridgehead atoms. The van der Waals surface area contributed by atoms with E-state index in [4.69, 9.17) is 9.15 Å². The summed E-state index contributed by atoms with van der Waals surface area (Å²) in [5.74, 6) is 0.931. The molecule has 1 aromatic carbocycles. The molecule has 124 valence electrons. The average molecular weight is 344 g/mol. The fourth-order valence-electron chi connectivity index (χ4n) is 2.24. The summed E-state index contributed by atoms with van der Waals surface area (Å²) in [6.45, 7) is 0.136. The molecule has 7 heteroatoms. The van der Waals surface area contributed by atoms with Crippen LogP contribution in [-0.4, -0.2) is 20.5 Å². The van der Waals surface area contributed by atoms with Gasteiger partial charge in [0.15, 0.2) is 5.76 Å². The Morgan fingerprint density at radius 2 is 2.00 bits per heavy atom. The molecule has 0 aliphatic rings. The van der Waals surface area contributed by atoms with Crippen LogP contribution in [0.4, 0.5) is 0 Å². The molecule has 3 aromatic rings. The number of benzene rings is 1. The number of para-hydroxylation sites is 1. The first kappa shape index (κ1) is 16.2. The first-order chi connectivity index (χ1) is 11.6. The van der Waals surface area contributed by atoms with Crippen LogP contribution in [0.15, 0.2) is 70.3 Å². The Hall–Kier alpha value is -2.64. The normalized spacial score (nSPS) is 11.4. The predicted octanol–water partition coefficient (Wildman–Crippen LogP) is 2.83. The summed E-state index contributed by atoms with van der Waals surface area (Å²) in [4.78, 5) is 4.33. The fraction of sp³-hybridized carbons (Fsp3) is 0.118. The van der Waals surface area contributed by atoms with Gasteiger partial charge < -0.3 is 9.15 Å². The highest BCUT2D eigenvalue weighted by molar-refractivity contribution is 7.89. The van der Waals surface area contributed by atoms with Crippen molar-refractivity contribution < 1.29 is 17.6 Å². The van der Waals surface area contributed by atoms with Crippen LogP contribution >= 0.6 is 0 Å². The van der Waals surface area contributed by atoms with Crippen molar-refractivity contribution in [2.24, 2.45) is 0 Å². The van der Waals surface area contributed by atoms with Crippen LogP contribution in [0.25, 0.3) is 11.5 Å². The molecule has 2 heterocycles. The van der Waals surface area contributed by atoms with Crippen molar-refractivity contribution in [1.29, 1.82) is 0 Å². The summed E-state index contributed by atoms with van der Waals surface area (Å²) in [7, 11) is -2.25. The van der Waals surface area contributed by atoms with Crippen molar-refractivity contribution in [2.45, 2.75) is 11.4 Å². The first-order valence-electron chi connectivity index (χ1n) is 7.21. The van der Waals surface area contributed by atoms with Gasteiger partial charge in [-0.25, -0.2) is 13.1 Å². The third-order valence-electron chi connectivity index (χ3n) is 3.42. The monoisotopic (exact) mass is 344 g/mol. The number of nitrogens with one attached hydrogen (secondary N) is 1. The minimum Gasteiger partial charge on any atom is -0.495 e. The zero-order valence-corrected chi connectivity index (χ0v) is 13.8. The molecule has 0 spiro atoms. The summed E-state index contributed by atoms with van der Waals surface area (Å²) in [5, 5.41) is 0. The smallest absolute Gasteiger partial charge is 0.244 e. The maximum Gasteiger partial charge on any atom is 0.244 e. The van der Waals surface area contributed by atoms with Crippen molar-refractivity contribution in [3.63, 3.8) is 0 Å². The number of furan rings is 1. The number of sulfonamides is 1. The maximum atomic E-state index is 12.5. The topological polar surface area (TPSA) is 81.4 Å². The van der Waals surface area contributed by atoms with E-state index in [1.165, 1.54) is 13.2 Å². The Balaban J connectivity index is 1.79. The van der Waals surface area contributed by atoms with Crippen LogP contribution < -0.4 is 9.46 Å². The molecular weight excluding hydrogens is 328 g/mol. The van der Waals surface area contributed by atoms with E-state index in [9.17, 15) is 8.42 Å². The van der Waals surface area contributed by atoms with E-state index in [-0.39, 0.29) is 11.4 Å². The first-order valence-corrected chi connectivity index (χ1v) is 8.70. The molecule has 0 aliphatic heterocycles. The van der Waals surface area contributed by atoms with Crippen LogP contribution in [0, 0.1) is 0 Å². The van der Waals surface area contributed by atoms with Crippen molar-refractivity contribution in [2.75, 3.05) is 7.11 Å². The standard InChI is InChI=1S/C17H16N2O4S/c1-22-16-5-2-3-7-17(16)24(20,21)19-12-13-8-9-18-14(11-13)15-6-4-10-23-15/h2-11,19H,12H2,1H3. The minimum atomic E-state index is -3.69. The molecule has 0 amide bonds. The largest absolute Gasteiger partial charge is 0.495 e. The molecule has 2 aromatic heterocycles. The van der Waals surface area contributed by atoms with E-state index in [1.54, 1.807) is 54.9 Å². The second-order valence-corrected chi connectivity index (χ2v) is 6.74. The lowest BCUT2D eigenvalue weighted by atomic mass is 10.2. The van der Waals surface area contributed by atoms with Gasteiger partial charge in [-0.1, -0.05) is 12.1 Å². The van der Waals surface area contributed by atoms with Crippen molar-refractivity contribution >= 4 is 10.0 Å². The second kappa shape index (κ2) is 6.86. The van der Waals surface area contributed by atoms with Crippen LogP contribution in [0.2, 0.25) is 0 Å². The van der Waals surface area contributed by atoms with Crippen LogP contribution in [-0.2, 0) is 16.6 Å². The van der Waals surface area contributed by atoms with Crippen molar-refractivity contribution in [3.8, 4) is 17.2 Å². The summed E-state index contributed by atoms with van der Waals surface area (Å²) in [6, 6.07) is 13.6. The molecule has 3 rings (SSSR count). The van der Waals surface area contributed by atoms with Gasteiger partial charge in [-0.2, -0.15) is 0 Å². The average Bonchev–Trinajstić information content (AvgIpc) is 3.15. The quantitative estimate of drug-likeness (QED) is 0.743. The predicted molar refractivity (Wildman–Crippen MR) is 89.0 cm³/mol. The summed E-state index contributed by atoms with van der Waals surface area (Å²) in [5.41, 5.74) is 1.42. The Morgan fingerprint density at radius 1 is 1.17 bits per heavy atom. The van der Waals surface area contributed by atoms with Gasteiger partial charge in [0.2, 0.25) is 10.0 Å². The van der Waals surface area contributed by atoms with Crippen LogP contribution in [0.1, 0.15) is 5.56 Å². The molecule has 0 radical (unpaired) electrons. The molecule has 0 atom stereocenters. The van der Waals surface area contributed by atoms with Gasteiger partial charge in [-0.05, 0) is 42.0 Å². The van der Waals surface area contributed by atoms with Gasteiger partial charge in [0, 0.05) is 12.7 Å². The zero-order chi connectivity index (χ0) is 17.0. The number of methoxy groups -OCH3 is 1. The minimum absolute atomic E-state index is 0.104. The molecule has 0 saturated heterocycles. The molecule has 1 N–H and O–H groups in total. The van der Waals surface area contributed by atoms with Gasteiger partial charge in [0.05, 0.1) is 13.4 Å². The third-order valence-corrected chi connectivity index (χ3v) is 4.86. The molecule has 24 heavy (non-hydrogen) atoms. The van der Waals surface area contributed by atoms with Gasteiger partial charge in [-0.15, -0.1) is 0 Å². The lowest BCUT2D eigenvalue weighted by Crippen LogP contribution is -2.23. The Labute approximate surface area is 140 Å². The Bertz CT molecular complexity index is 921. The van der Waals surface area contributed by atoms with Gasteiger partial charge in [0.25, 0.3) is 0 Å². The third kappa shape index (κ3) is 3.47. The summed E-state index contributed by atoms with van der Waals surface area (Å²) >= 11 is 0. The number of rotatable bonds is 6. The van der Waals surface area contributed by atoms with Crippen molar-refractivity contribution in [3.05, 3.63) is 66.6 Å². The number of nitrogens with zero attached hydrogens (tertiary/aromatic N) is 1. The molecule has 0 aliphatic carbocycles. The van der Waals surface area contributed by atoms with E-state index in [0.717, 1.165) is 5.56 Å². The second-order valence-electron chi connectivity index (χ2n) is 5.00. The summed E-state index contributed by atoms with van der Waals surface area (Å²) < 4.78 is 37.9. The SMILES string of the molecule is COc1ccccc1S(=O)(=O)NCc1ccnc(-c2ccco2)c1. The fourth-order valence-corrected chi connectivity index (χ4v) is 3.43. The van der Waals surface area contributed by atoms with Crippen molar-refractivity contribution in [1.82, 2.24) is 9.71 Å². The highest BCUT2D eigenvalue weighted by Gasteiger charge is 2.18. The van der Waals surface area contributed by atoms with Crippen LogP contribution in [0.3, 0.4) is 0 Å². The highest BCUT2D eigenvalue weighted by atomic mass is 32.2. The number of aromatic nitrogens is 1. The van der Waals surface area contributed by atoms with E-state index in [1.807, 2.05) is 0 Å². The van der Waals surface area contributed by atoms with E-state index in [0.29, 0.717) is 17.2 Å². The number of ether oxygens (including phenoxy) is 1. The van der Waals surface area contributed by atoms with Gasteiger partial charge >= 0.3 is 0 Å². The lowest BCUT2D eigenvalue weighted by Gasteiger charge is -2.10. The molecule has 0 unspecified atom stereocenters. The van der Waals surface area contributed by atoms with E-state index < -0.39 is 10.0 Å². The highest BCUT2D eigenvalue weighted by Crippen LogP contribution is 2.23. The number of pyridine rings is 1. The van der Waals surface area contributed by atoms with Gasteiger partial charge in [0.1, 0.15) is 16.3 Å². The Morgan fingerprint density at radius 3 is 2.75 bits per heavy atom. The number of hydrogen-bond acceptors (Lipinski definition) is 5. The van der Waals surface area contributed by atoms with Crippen LogP contribution in [0.5, 0.6) is 5.75 Å². The lowest BCUT2D eigenvalue weighted by molar-refractivity contribution is 0.402. The van der Waals surface area contributed by atoms with E-state index in [2.05, 4.69) is 9.71 Å². The Kier molecular flexibility index (Phi) is 4.64. The summed E-state index contributed by atoms with van der Waals surface area (Å²) in [6.07, 6.45) is 3.18. The molecule has 0 fully saturated rings. The maximum absolute atomic E-state index is 12.5. The number of hydrogen-bond donors (Lipinski definition) is 1. The molecule has 0 saturated carbocycles. The molecular formula is C17H16N2O4S. The zero-order valence-electron chi connectivity index (χ0n) is 13.0.